The van der Waals surface area contributed by atoms with Crippen LogP contribution in [0.4, 0.5) is 0 Å². The highest BCUT2D eigenvalue weighted by Gasteiger charge is 2.29. The highest BCUT2D eigenvalue weighted by Crippen LogP contribution is 2.25. The number of piperidine rings is 1. The Hall–Kier alpha value is -0.620. The van der Waals surface area contributed by atoms with Crippen LogP contribution in [0.3, 0.4) is 0 Å². The number of hydrogen-bond donors (Lipinski definition) is 1. The highest BCUT2D eigenvalue weighted by atomic mass is 35.5. The van der Waals surface area contributed by atoms with E-state index < -0.39 is 10.0 Å². The van der Waals surface area contributed by atoms with E-state index >= 15 is 0 Å². The number of halogens is 1. The van der Waals surface area contributed by atoms with Crippen LogP contribution in [-0.4, -0.2) is 32.4 Å². The van der Waals surface area contributed by atoms with Crippen LogP contribution in [0.25, 0.3) is 0 Å². The Labute approximate surface area is 127 Å². The van der Waals surface area contributed by atoms with Crippen LogP contribution in [0, 0.1) is 19.8 Å². The summed E-state index contributed by atoms with van der Waals surface area (Å²) in [6.45, 7) is 5.63. The lowest BCUT2D eigenvalue weighted by molar-refractivity contribution is 0.278. The lowest BCUT2D eigenvalue weighted by atomic mass is 9.99. The standard InChI is InChI=1S/C14H22N2O2S.ClH/c1-11-3-4-14(12(2)9-11)19(17,18)16-7-5-13(10-15)6-8-16;/h3-4,9,13H,5-8,10,15H2,1-2H3;1H. The van der Waals surface area contributed by atoms with Crippen LogP contribution in [0.2, 0.25) is 0 Å². The van der Waals surface area contributed by atoms with Gasteiger partial charge in [-0.2, -0.15) is 4.31 Å². The first-order valence-corrected chi connectivity index (χ1v) is 8.16. The summed E-state index contributed by atoms with van der Waals surface area (Å²) in [4.78, 5) is 0.435. The Balaban J connectivity index is 0.00000200. The topological polar surface area (TPSA) is 63.4 Å². The lowest BCUT2D eigenvalue weighted by Crippen LogP contribution is -2.40. The minimum Gasteiger partial charge on any atom is -0.330 e. The van der Waals surface area contributed by atoms with Crippen molar-refractivity contribution in [1.82, 2.24) is 4.31 Å². The molecule has 114 valence electrons. The summed E-state index contributed by atoms with van der Waals surface area (Å²) in [7, 11) is -3.35. The van der Waals surface area contributed by atoms with E-state index in [9.17, 15) is 8.42 Å². The van der Waals surface area contributed by atoms with Gasteiger partial charge >= 0.3 is 0 Å². The van der Waals surface area contributed by atoms with Gasteiger partial charge in [-0.15, -0.1) is 12.4 Å². The van der Waals surface area contributed by atoms with Crippen LogP contribution in [0.1, 0.15) is 24.0 Å². The molecule has 1 aromatic carbocycles. The fraction of sp³-hybridized carbons (Fsp3) is 0.571. The van der Waals surface area contributed by atoms with Crippen LogP contribution in [0.15, 0.2) is 23.1 Å². The van der Waals surface area contributed by atoms with Crippen molar-refractivity contribution < 1.29 is 8.42 Å². The summed E-state index contributed by atoms with van der Waals surface area (Å²) in [6, 6.07) is 5.49. The van der Waals surface area contributed by atoms with Crippen LogP contribution in [-0.2, 0) is 10.0 Å². The maximum Gasteiger partial charge on any atom is 0.243 e. The predicted octanol–water partition coefficient (Wildman–Crippen LogP) is 2.08. The Kier molecular flexibility index (Phi) is 6.01. The van der Waals surface area contributed by atoms with Crippen LogP contribution >= 0.6 is 12.4 Å². The second-order valence-electron chi connectivity index (χ2n) is 5.35. The molecule has 1 heterocycles. The second kappa shape index (κ2) is 6.89. The first-order valence-electron chi connectivity index (χ1n) is 6.72. The van der Waals surface area contributed by atoms with Gasteiger partial charge in [0.2, 0.25) is 10.0 Å². The van der Waals surface area contributed by atoms with E-state index in [1.54, 1.807) is 10.4 Å². The maximum atomic E-state index is 12.6. The number of benzene rings is 1. The van der Waals surface area contributed by atoms with Gasteiger partial charge in [0, 0.05) is 13.1 Å². The molecule has 1 aliphatic rings. The van der Waals surface area contributed by atoms with Gasteiger partial charge in [0.25, 0.3) is 0 Å². The molecule has 0 unspecified atom stereocenters. The summed E-state index contributed by atoms with van der Waals surface area (Å²) in [6.07, 6.45) is 1.72. The lowest BCUT2D eigenvalue weighted by Gasteiger charge is -2.31. The van der Waals surface area contributed by atoms with E-state index in [0.29, 0.717) is 30.4 Å². The van der Waals surface area contributed by atoms with Gasteiger partial charge in [-0.05, 0) is 50.8 Å². The van der Waals surface area contributed by atoms with Crippen molar-refractivity contribution in [2.75, 3.05) is 19.6 Å². The molecule has 1 saturated heterocycles. The zero-order valence-electron chi connectivity index (χ0n) is 12.0. The minimum atomic E-state index is -3.35. The average Bonchev–Trinajstić information content (AvgIpc) is 2.38. The average molecular weight is 319 g/mol. The van der Waals surface area contributed by atoms with Gasteiger partial charge in [-0.1, -0.05) is 17.7 Å². The largest absolute Gasteiger partial charge is 0.330 e. The van der Waals surface area contributed by atoms with Crippen LogP contribution < -0.4 is 5.73 Å². The maximum absolute atomic E-state index is 12.6. The van der Waals surface area contributed by atoms with E-state index in [2.05, 4.69) is 0 Å². The van der Waals surface area contributed by atoms with Gasteiger partial charge in [-0.3, -0.25) is 0 Å². The molecule has 2 rings (SSSR count). The highest BCUT2D eigenvalue weighted by molar-refractivity contribution is 7.89. The molecule has 6 heteroatoms. The summed E-state index contributed by atoms with van der Waals surface area (Å²) >= 11 is 0. The minimum absolute atomic E-state index is 0. The number of nitrogens with zero attached hydrogens (tertiary/aromatic N) is 1. The van der Waals surface area contributed by atoms with Crippen molar-refractivity contribution in [2.45, 2.75) is 31.6 Å². The normalized spacial score (nSPS) is 17.8. The zero-order valence-corrected chi connectivity index (χ0v) is 13.6. The molecular formula is C14H23ClN2O2S. The predicted molar refractivity (Wildman–Crippen MR) is 83.7 cm³/mol. The molecule has 0 saturated carbocycles. The van der Waals surface area contributed by atoms with E-state index in [0.717, 1.165) is 24.0 Å². The van der Waals surface area contributed by atoms with Crippen molar-refractivity contribution in [3.05, 3.63) is 29.3 Å². The fourth-order valence-electron chi connectivity index (χ4n) is 2.61. The van der Waals surface area contributed by atoms with Crippen LogP contribution in [0.5, 0.6) is 0 Å². The Bertz CT molecular complexity index is 552. The molecule has 0 aliphatic carbocycles. The van der Waals surface area contributed by atoms with Gasteiger partial charge in [0.05, 0.1) is 4.90 Å². The SMILES string of the molecule is Cc1ccc(S(=O)(=O)N2CCC(CN)CC2)c(C)c1.Cl. The Morgan fingerprint density at radius 3 is 2.35 bits per heavy atom. The van der Waals surface area contributed by atoms with Gasteiger partial charge < -0.3 is 5.73 Å². The fourth-order valence-corrected chi connectivity index (χ4v) is 4.29. The van der Waals surface area contributed by atoms with E-state index in [4.69, 9.17) is 5.73 Å². The second-order valence-corrected chi connectivity index (χ2v) is 7.26. The molecule has 0 amide bonds. The number of rotatable bonds is 3. The molecule has 0 bridgehead atoms. The third kappa shape index (κ3) is 3.52. The number of hydrogen-bond acceptors (Lipinski definition) is 3. The number of aryl methyl sites for hydroxylation is 2. The van der Waals surface area contributed by atoms with Crippen molar-refractivity contribution in [1.29, 1.82) is 0 Å². The molecule has 2 N–H and O–H groups in total. The smallest absolute Gasteiger partial charge is 0.243 e. The van der Waals surface area contributed by atoms with Crippen molar-refractivity contribution in [3.8, 4) is 0 Å². The molecule has 0 spiro atoms. The molecule has 0 radical (unpaired) electrons. The first-order chi connectivity index (χ1) is 8.95. The summed E-state index contributed by atoms with van der Waals surface area (Å²) in [5.74, 6) is 0.463. The van der Waals surface area contributed by atoms with Gasteiger partial charge in [0.1, 0.15) is 0 Å². The molecule has 1 aliphatic heterocycles. The van der Waals surface area contributed by atoms with Gasteiger partial charge in [-0.25, -0.2) is 8.42 Å². The Morgan fingerprint density at radius 1 is 1.25 bits per heavy atom. The Morgan fingerprint density at radius 2 is 1.85 bits per heavy atom. The van der Waals surface area contributed by atoms with Crippen molar-refractivity contribution >= 4 is 22.4 Å². The molecule has 0 atom stereocenters. The van der Waals surface area contributed by atoms with Gasteiger partial charge in [0.15, 0.2) is 0 Å². The summed E-state index contributed by atoms with van der Waals surface area (Å²) in [5, 5.41) is 0. The van der Waals surface area contributed by atoms with Crippen molar-refractivity contribution in [3.63, 3.8) is 0 Å². The van der Waals surface area contributed by atoms with E-state index in [1.807, 2.05) is 26.0 Å². The zero-order chi connectivity index (χ0) is 14.0. The van der Waals surface area contributed by atoms with Crippen molar-refractivity contribution in [2.24, 2.45) is 11.7 Å². The third-order valence-corrected chi connectivity index (χ3v) is 5.91. The van der Waals surface area contributed by atoms with E-state index in [1.165, 1.54) is 0 Å². The molecule has 4 nitrogen and oxygen atoms in total. The summed E-state index contributed by atoms with van der Waals surface area (Å²) < 4.78 is 26.8. The van der Waals surface area contributed by atoms with E-state index in [-0.39, 0.29) is 12.4 Å². The third-order valence-electron chi connectivity index (χ3n) is 3.86. The molecule has 1 fully saturated rings. The molecule has 1 aromatic rings. The quantitative estimate of drug-likeness (QED) is 0.928. The molecular weight excluding hydrogens is 296 g/mol. The first kappa shape index (κ1) is 17.4. The molecule has 0 aromatic heterocycles. The number of nitrogens with two attached hydrogens (primary N) is 1. The molecule has 20 heavy (non-hydrogen) atoms. The summed E-state index contributed by atoms with van der Waals surface area (Å²) in [5.41, 5.74) is 7.54. The monoisotopic (exact) mass is 318 g/mol. The number of sulfonamides is 1.